The fourth-order valence-electron chi connectivity index (χ4n) is 1.57. The Morgan fingerprint density at radius 3 is 2.62 bits per heavy atom. The zero-order valence-electron chi connectivity index (χ0n) is 7.89. The molecule has 1 atom stereocenters. The SMILES string of the molecule is [CH2]C(C)c1cc(Cl)cc(C2CC2)c1. The number of hydrogen-bond acceptors (Lipinski definition) is 0. The van der Waals surface area contributed by atoms with Crippen molar-refractivity contribution in [3.8, 4) is 0 Å². The van der Waals surface area contributed by atoms with E-state index < -0.39 is 0 Å². The fraction of sp³-hybridized carbons (Fsp3) is 0.417. The molecule has 13 heavy (non-hydrogen) atoms. The molecule has 1 saturated carbocycles. The van der Waals surface area contributed by atoms with Gasteiger partial charge in [0.25, 0.3) is 0 Å². The van der Waals surface area contributed by atoms with E-state index in [-0.39, 0.29) is 0 Å². The number of halogens is 1. The minimum Gasteiger partial charge on any atom is -0.0843 e. The second kappa shape index (κ2) is 3.34. The molecule has 1 fully saturated rings. The van der Waals surface area contributed by atoms with Gasteiger partial charge in [0.2, 0.25) is 0 Å². The van der Waals surface area contributed by atoms with Gasteiger partial charge in [-0.3, -0.25) is 0 Å². The van der Waals surface area contributed by atoms with Crippen LogP contribution in [0.2, 0.25) is 5.02 Å². The summed E-state index contributed by atoms with van der Waals surface area (Å²) >= 11 is 6.04. The fourth-order valence-corrected chi connectivity index (χ4v) is 1.82. The van der Waals surface area contributed by atoms with Gasteiger partial charge in [-0.15, -0.1) is 0 Å². The van der Waals surface area contributed by atoms with Crippen molar-refractivity contribution >= 4 is 11.6 Å². The molecule has 1 aliphatic carbocycles. The van der Waals surface area contributed by atoms with Crippen LogP contribution < -0.4 is 0 Å². The molecule has 1 radical (unpaired) electrons. The first kappa shape index (κ1) is 9.08. The Kier molecular flexibility index (Phi) is 2.33. The second-order valence-electron chi connectivity index (χ2n) is 3.99. The van der Waals surface area contributed by atoms with E-state index in [1.807, 2.05) is 6.07 Å². The Balaban J connectivity index is 2.36. The van der Waals surface area contributed by atoms with E-state index >= 15 is 0 Å². The Labute approximate surface area is 84.9 Å². The highest BCUT2D eigenvalue weighted by atomic mass is 35.5. The van der Waals surface area contributed by atoms with Gasteiger partial charge < -0.3 is 0 Å². The quantitative estimate of drug-likeness (QED) is 0.662. The molecule has 1 heteroatoms. The third-order valence-corrected chi connectivity index (χ3v) is 2.78. The van der Waals surface area contributed by atoms with Crippen molar-refractivity contribution in [1.82, 2.24) is 0 Å². The first-order chi connectivity index (χ1) is 6.16. The van der Waals surface area contributed by atoms with Crippen molar-refractivity contribution in [2.24, 2.45) is 0 Å². The van der Waals surface area contributed by atoms with Gasteiger partial charge in [0.15, 0.2) is 0 Å². The van der Waals surface area contributed by atoms with Crippen LogP contribution in [0, 0.1) is 6.92 Å². The van der Waals surface area contributed by atoms with E-state index in [0.717, 1.165) is 10.9 Å². The highest BCUT2D eigenvalue weighted by Gasteiger charge is 2.24. The molecule has 1 aromatic carbocycles. The van der Waals surface area contributed by atoms with Crippen molar-refractivity contribution in [3.05, 3.63) is 41.3 Å². The summed E-state index contributed by atoms with van der Waals surface area (Å²) in [4.78, 5) is 0. The number of hydrogen-bond donors (Lipinski definition) is 0. The smallest absolute Gasteiger partial charge is 0.0411 e. The van der Waals surface area contributed by atoms with Gasteiger partial charge >= 0.3 is 0 Å². The summed E-state index contributed by atoms with van der Waals surface area (Å²) in [5.41, 5.74) is 2.66. The molecule has 1 aromatic rings. The average molecular weight is 194 g/mol. The summed E-state index contributed by atoms with van der Waals surface area (Å²) in [6.07, 6.45) is 2.65. The van der Waals surface area contributed by atoms with E-state index in [9.17, 15) is 0 Å². The van der Waals surface area contributed by atoms with E-state index in [1.54, 1.807) is 0 Å². The van der Waals surface area contributed by atoms with Crippen LogP contribution in [-0.4, -0.2) is 0 Å². The van der Waals surface area contributed by atoms with Crippen molar-refractivity contribution in [3.63, 3.8) is 0 Å². The maximum atomic E-state index is 6.04. The van der Waals surface area contributed by atoms with E-state index in [1.165, 1.54) is 24.0 Å². The molecule has 0 nitrogen and oxygen atoms in total. The lowest BCUT2D eigenvalue weighted by molar-refractivity contribution is 0.954. The topological polar surface area (TPSA) is 0 Å². The second-order valence-corrected chi connectivity index (χ2v) is 4.43. The minimum absolute atomic E-state index is 0.330. The van der Waals surface area contributed by atoms with Crippen LogP contribution in [0.5, 0.6) is 0 Å². The number of rotatable bonds is 2. The Morgan fingerprint density at radius 1 is 1.38 bits per heavy atom. The predicted octanol–water partition coefficient (Wildman–Crippen LogP) is 4.15. The molecule has 0 heterocycles. The molecular weight excluding hydrogens is 180 g/mol. The summed E-state index contributed by atoms with van der Waals surface area (Å²) < 4.78 is 0. The normalized spacial score (nSPS) is 16.6. The zero-order valence-corrected chi connectivity index (χ0v) is 8.64. The van der Waals surface area contributed by atoms with Crippen molar-refractivity contribution in [2.75, 3.05) is 0 Å². The molecule has 1 aliphatic rings. The molecule has 0 aromatic heterocycles. The first-order valence-corrected chi connectivity index (χ1v) is 5.18. The highest BCUT2D eigenvalue weighted by Crippen LogP contribution is 2.41. The van der Waals surface area contributed by atoms with Gasteiger partial charge in [0.1, 0.15) is 0 Å². The molecule has 2 rings (SSSR count). The monoisotopic (exact) mass is 193 g/mol. The molecule has 0 bridgehead atoms. The molecule has 69 valence electrons. The summed E-state index contributed by atoms with van der Waals surface area (Å²) in [7, 11) is 0. The van der Waals surface area contributed by atoms with Crippen LogP contribution in [0.4, 0.5) is 0 Å². The molecule has 0 saturated heterocycles. The minimum atomic E-state index is 0.330. The third kappa shape index (κ3) is 2.05. The summed E-state index contributed by atoms with van der Waals surface area (Å²) in [6.45, 7) is 6.11. The largest absolute Gasteiger partial charge is 0.0843 e. The predicted molar refractivity (Wildman–Crippen MR) is 57.2 cm³/mol. The third-order valence-electron chi connectivity index (χ3n) is 2.56. The molecule has 0 aliphatic heterocycles. The van der Waals surface area contributed by atoms with Crippen LogP contribution >= 0.6 is 11.6 Å². The van der Waals surface area contributed by atoms with Gasteiger partial charge in [0.05, 0.1) is 0 Å². The Bertz CT molecular complexity index is 291. The van der Waals surface area contributed by atoms with Crippen LogP contribution in [-0.2, 0) is 0 Å². The molecule has 0 amide bonds. The Morgan fingerprint density at radius 2 is 2.08 bits per heavy atom. The van der Waals surface area contributed by atoms with Gasteiger partial charge in [-0.1, -0.05) is 24.6 Å². The van der Waals surface area contributed by atoms with Gasteiger partial charge in [-0.2, -0.15) is 0 Å². The number of benzene rings is 1. The summed E-state index contributed by atoms with van der Waals surface area (Å²) in [5, 5.41) is 0.856. The Hall–Kier alpha value is -0.490. The summed E-state index contributed by atoms with van der Waals surface area (Å²) in [6, 6.07) is 6.36. The van der Waals surface area contributed by atoms with Gasteiger partial charge in [0, 0.05) is 5.02 Å². The van der Waals surface area contributed by atoms with Crippen LogP contribution in [0.25, 0.3) is 0 Å². The summed E-state index contributed by atoms with van der Waals surface area (Å²) in [5.74, 6) is 1.10. The average Bonchev–Trinajstić information content (AvgIpc) is 2.85. The molecule has 0 spiro atoms. The van der Waals surface area contributed by atoms with Crippen LogP contribution in [0.1, 0.15) is 42.7 Å². The maximum Gasteiger partial charge on any atom is 0.0411 e. The van der Waals surface area contributed by atoms with Crippen LogP contribution in [0.3, 0.4) is 0 Å². The van der Waals surface area contributed by atoms with Gasteiger partial charge in [-0.05, 0) is 54.9 Å². The van der Waals surface area contributed by atoms with Crippen molar-refractivity contribution < 1.29 is 0 Å². The molecule has 1 unspecified atom stereocenters. The molecular formula is C12H14Cl. The lowest BCUT2D eigenvalue weighted by atomic mass is 9.99. The van der Waals surface area contributed by atoms with Crippen molar-refractivity contribution in [2.45, 2.75) is 31.6 Å². The maximum absolute atomic E-state index is 6.04. The van der Waals surface area contributed by atoms with E-state index in [4.69, 9.17) is 11.6 Å². The lowest BCUT2D eigenvalue weighted by Crippen LogP contribution is -1.90. The lowest BCUT2D eigenvalue weighted by Gasteiger charge is -2.08. The van der Waals surface area contributed by atoms with Crippen LogP contribution in [0.15, 0.2) is 18.2 Å². The molecule has 0 N–H and O–H groups in total. The standard InChI is InChI=1S/C12H14Cl/c1-8(2)10-5-11(9-3-4-9)7-12(13)6-10/h5-9H,1,3-4H2,2H3. The van der Waals surface area contributed by atoms with E-state index in [0.29, 0.717) is 5.92 Å². The highest BCUT2D eigenvalue weighted by molar-refractivity contribution is 6.30. The zero-order chi connectivity index (χ0) is 9.42. The van der Waals surface area contributed by atoms with Gasteiger partial charge in [-0.25, -0.2) is 0 Å². The van der Waals surface area contributed by atoms with Crippen molar-refractivity contribution in [1.29, 1.82) is 0 Å². The first-order valence-electron chi connectivity index (χ1n) is 4.80. The van der Waals surface area contributed by atoms with E-state index in [2.05, 4.69) is 26.0 Å².